The van der Waals surface area contributed by atoms with Crippen molar-refractivity contribution in [2.45, 2.75) is 6.92 Å². The molecule has 0 unspecified atom stereocenters. The van der Waals surface area contributed by atoms with Gasteiger partial charge in [0.25, 0.3) is 0 Å². The summed E-state index contributed by atoms with van der Waals surface area (Å²) in [6.45, 7) is 1.66. The van der Waals surface area contributed by atoms with Crippen molar-refractivity contribution in [3.63, 3.8) is 0 Å². The van der Waals surface area contributed by atoms with Crippen LogP contribution in [0.5, 0.6) is 0 Å². The third-order valence-corrected chi connectivity index (χ3v) is 1.77. The van der Waals surface area contributed by atoms with Crippen molar-refractivity contribution in [2.75, 3.05) is 0 Å². The van der Waals surface area contributed by atoms with Gasteiger partial charge in [0.2, 0.25) is 0 Å². The maximum atomic E-state index is 8.48. The third kappa shape index (κ3) is 1.63. The van der Waals surface area contributed by atoms with E-state index in [1.54, 1.807) is 13.0 Å². The number of hydrogen-bond acceptors (Lipinski definition) is 2. The van der Waals surface area contributed by atoms with Crippen LogP contribution in [0.2, 0.25) is 0 Å². The molecule has 0 amide bonds. The lowest BCUT2D eigenvalue weighted by Crippen LogP contribution is -1.75. The van der Waals surface area contributed by atoms with E-state index in [0.29, 0.717) is 10.6 Å². The van der Waals surface area contributed by atoms with Gasteiger partial charge >= 0.3 is 0 Å². The van der Waals surface area contributed by atoms with E-state index in [4.69, 9.17) is 21.3 Å². The number of nitrogens with zero attached hydrogens (tertiary/aromatic N) is 1. The van der Waals surface area contributed by atoms with E-state index in [1.807, 2.05) is 6.07 Å². The average molecular weight is 168 g/mol. The van der Waals surface area contributed by atoms with Gasteiger partial charge in [0.1, 0.15) is 0 Å². The summed E-state index contributed by atoms with van der Waals surface area (Å²) in [6, 6.07) is 3.67. The topological polar surface area (TPSA) is 36.9 Å². The first kappa shape index (κ1) is 7.90. The van der Waals surface area contributed by atoms with Gasteiger partial charge in [-0.3, -0.25) is 0 Å². The molecule has 0 spiro atoms. The molecule has 0 aliphatic rings. The Kier molecular flexibility index (Phi) is 2.35. The van der Waals surface area contributed by atoms with E-state index in [1.165, 1.54) is 12.5 Å². The van der Waals surface area contributed by atoms with E-state index in [2.05, 4.69) is 0 Å². The normalized spacial score (nSPS) is 12.1. The quantitative estimate of drug-likeness (QED) is 0.603. The van der Waals surface area contributed by atoms with E-state index >= 15 is 0 Å². The van der Waals surface area contributed by atoms with Gasteiger partial charge in [0.15, 0.2) is 0 Å². The standard InChI is InChI=1S/C8H6ClNO/c1-6(4-10)8(9)7-2-3-11-5-7/h2-3,5H,1H3/b8-6-. The highest BCUT2D eigenvalue weighted by Crippen LogP contribution is 2.22. The Morgan fingerprint density at radius 2 is 2.45 bits per heavy atom. The number of furan rings is 1. The van der Waals surface area contributed by atoms with Gasteiger partial charge in [-0.25, -0.2) is 0 Å². The van der Waals surface area contributed by atoms with Crippen LogP contribution in [0.1, 0.15) is 12.5 Å². The minimum atomic E-state index is 0.446. The molecule has 0 bridgehead atoms. The average Bonchev–Trinajstić information content (AvgIpc) is 2.53. The molecule has 0 N–H and O–H groups in total. The molecule has 1 aromatic heterocycles. The van der Waals surface area contributed by atoms with Crippen molar-refractivity contribution >= 4 is 16.6 Å². The zero-order chi connectivity index (χ0) is 8.27. The maximum absolute atomic E-state index is 8.48. The molecule has 0 aliphatic heterocycles. The molecular formula is C8H6ClNO. The van der Waals surface area contributed by atoms with E-state index in [9.17, 15) is 0 Å². The van der Waals surface area contributed by atoms with Crippen LogP contribution in [0.25, 0.3) is 5.03 Å². The lowest BCUT2D eigenvalue weighted by molar-refractivity contribution is 0.566. The fraction of sp³-hybridized carbons (Fsp3) is 0.125. The molecule has 56 valence electrons. The number of rotatable bonds is 1. The third-order valence-electron chi connectivity index (χ3n) is 1.27. The Hall–Kier alpha value is -1.20. The van der Waals surface area contributed by atoms with Crippen molar-refractivity contribution in [3.05, 3.63) is 29.7 Å². The second-order valence-corrected chi connectivity index (χ2v) is 2.44. The summed E-state index contributed by atoms with van der Waals surface area (Å²) in [6.07, 6.45) is 3.02. The number of halogens is 1. The number of hydrogen-bond donors (Lipinski definition) is 0. The molecule has 11 heavy (non-hydrogen) atoms. The molecule has 0 aromatic carbocycles. The van der Waals surface area contributed by atoms with Gasteiger partial charge in [0, 0.05) is 11.1 Å². The Balaban J connectivity index is 3.05. The fourth-order valence-corrected chi connectivity index (χ4v) is 0.805. The molecule has 0 aliphatic carbocycles. The highest BCUT2D eigenvalue weighted by atomic mass is 35.5. The molecule has 0 atom stereocenters. The summed E-state index contributed by atoms with van der Waals surface area (Å²) < 4.78 is 4.80. The van der Waals surface area contributed by atoms with Crippen LogP contribution >= 0.6 is 11.6 Å². The van der Waals surface area contributed by atoms with Gasteiger partial charge in [0.05, 0.1) is 23.6 Å². The second kappa shape index (κ2) is 3.27. The van der Waals surface area contributed by atoms with Crippen LogP contribution in [0.3, 0.4) is 0 Å². The van der Waals surface area contributed by atoms with Crippen molar-refractivity contribution in [1.82, 2.24) is 0 Å². The summed E-state index contributed by atoms with van der Waals surface area (Å²) in [5.41, 5.74) is 1.23. The Morgan fingerprint density at radius 1 is 1.73 bits per heavy atom. The first-order valence-corrected chi connectivity index (χ1v) is 3.42. The van der Waals surface area contributed by atoms with Crippen LogP contribution in [0.4, 0.5) is 0 Å². The van der Waals surface area contributed by atoms with Gasteiger partial charge in [-0.05, 0) is 13.0 Å². The van der Waals surface area contributed by atoms with E-state index < -0.39 is 0 Å². The maximum Gasteiger partial charge on any atom is 0.0990 e. The molecule has 3 heteroatoms. The summed E-state index contributed by atoms with van der Waals surface area (Å²) in [4.78, 5) is 0. The highest BCUT2D eigenvalue weighted by molar-refractivity contribution is 6.49. The molecule has 1 heterocycles. The fourth-order valence-electron chi connectivity index (χ4n) is 0.655. The molecule has 0 saturated heterocycles. The van der Waals surface area contributed by atoms with Crippen molar-refractivity contribution in [3.8, 4) is 6.07 Å². The van der Waals surface area contributed by atoms with Gasteiger partial charge in [-0.2, -0.15) is 5.26 Å². The predicted octanol–water partition coefficient (Wildman–Crippen LogP) is 2.77. The zero-order valence-corrected chi connectivity index (χ0v) is 6.72. The first-order valence-electron chi connectivity index (χ1n) is 3.04. The summed E-state index contributed by atoms with van der Waals surface area (Å²) in [5.74, 6) is 0. The van der Waals surface area contributed by atoms with Crippen molar-refractivity contribution in [2.24, 2.45) is 0 Å². The molecule has 0 fully saturated rings. The highest BCUT2D eigenvalue weighted by Gasteiger charge is 2.02. The Bertz CT molecular complexity index is 305. The lowest BCUT2D eigenvalue weighted by atomic mass is 10.2. The lowest BCUT2D eigenvalue weighted by Gasteiger charge is -1.91. The predicted molar refractivity (Wildman–Crippen MR) is 42.8 cm³/mol. The molecule has 1 aromatic rings. The summed E-state index contributed by atoms with van der Waals surface area (Å²) >= 11 is 5.80. The minimum Gasteiger partial charge on any atom is -0.472 e. The molecule has 0 saturated carbocycles. The van der Waals surface area contributed by atoms with E-state index in [0.717, 1.165) is 5.56 Å². The molecule has 0 radical (unpaired) electrons. The first-order chi connectivity index (χ1) is 5.25. The largest absolute Gasteiger partial charge is 0.472 e. The Morgan fingerprint density at radius 3 is 2.91 bits per heavy atom. The van der Waals surface area contributed by atoms with Gasteiger partial charge in [-0.1, -0.05) is 11.6 Å². The van der Waals surface area contributed by atoms with Crippen LogP contribution in [-0.2, 0) is 0 Å². The molecular weight excluding hydrogens is 162 g/mol. The Labute approximate surface area is 69.7 Å². The van der Waals surface area contributed by atoms with Crippen molar-refractivity contribution in [1.29, 1.82) is 5.26 Å². The monoisotopic (exact) mass is 167 g/mol. The van der Waals surface area contributed by atoms with Gasteiger partial charge in [-0.15, -0.1) is 0 Å². The second-order valence-electron chi connectivity index (χ2n) is 2.06. The number of allylic oxidation sites excluding steroid dienone is 1. The summed E-state index contributed by atoms with van der Waals surface area (Å²) in [7, 11) is 0. The van der Waals surface area contributed by atoms with Crippen LogP contribution in [0, 0.1) is 11.3 Å². The van der Waals surface area contributed by atoms with Crippen molar-refractivity contribution < 1.29 is 4.42 Å². The molecule has 2 nitrogen and oxygen atoms in total. The van der Waals surface area contributed by atoms with Crippen LogP contribution in [-0.4, -0.2) is 0 Å². The SMILES string of the molecule is C/C(C#N)=C(/Cl)c1ccoc1. The van der Waals surface area contributed by atoms with E-state index in [-0.39, 0.29) is 0 Å². The smallest absolute Gasteiger partial charge is 0.0990 e. The van der Waals surface area contributed by atoms with Gasteiger partial charge < -0.3 is 4.42 Å². The zero-order valence-electron chi connectivity index (χ0n) is 5.97. The van der Waals surface area contributed by atoms with Crippen LogP contribution in [0.15, 0.2) is 28.6 Å². The molecule has 1 rings (SSSR count). The summed E-state index contributed by atoms with van der Waals surface area (Å²) in [5, 5.41) is 8.93. The van der Waals surface area contributed by atoms with Crippen LogP contribution < -0.4 is 0 Å². The number of nitriles is 1. The minimum absolute atomic E-state index is 0.446.